The van der Waals surface area contributed by atoms with Gasteiger partial charge in [-0.1, -0.05) is 44.2 Å². The van der Waals surface area contributed by atoms with Crippen LogP contribution >= 0.6 is 0 Å². The van der Waals surface area contributed by atoms with E-state index in [2.05, 4.69) is 17.5 Å². The van der Waals surface area contributed by atoms with Crippen molar-refractivity contribution in [2.45, 2.75) is 50.0 Å². The third-order valence-corrected chi connectivity index (χ3v) is 8.08. The molecule has 3 atom stereocenters. The summed E-state index contributed by atoms with van der Waals surface area (Å²) >= 11 is 0. The highest BCUT2D eigenvalue weighted by atomic mass is 32.2. The number of nitrogens with zero attached hydrogens (tertiary/aromatic N) is 1. The second kappa shape index (κ2) is 8.44. The predicted molar refractivity (Wildman–Crippen MR) is 120 cm³/mol. The molecule has 2 N–H and O–H groups in total. The van der Waals surface area contributed by atoms with Crippen molar-refractivity contribution in [3.8, 4) is 5.75 Å². The largest absolute Gasteiger partial charge is 0.508 e. The first kappa shape index (κ1) is 20.9. The van der Waals surface area contributed by atoms with Crippen LogP contribution in [-0.2, 0) is 10.0 Å². The molecule has 0 saturated carbocycles. The fraction of sp³-hybridized carbons (Fsp3) is 0.417. The lowest BCUT2D eigenvalue weighted by Crippen LogP contribution is -2.33. The minimum absolute atomic E-state index is 0.0159. The molecule has 160 valence electrons. The number of phenols is 1. The van der Waals surface area contributed by atoms with E-state index in [4.69, 9.17) is 0 Å². The Morgan fingerprint density at radius 3 is 2.50 bits per heavy atom. The van der Waals surface area contributed by atoms with Gasteiger partial charge in [0, 0.05) is 30.3 Å². The number of sulfonamides is 1. The first-order chi connectivity index (χ1) is 14.5. The summed E-state index contributed by atoms with van der Waals surface area (Å²) in [5.74, 6) is 0.663. The molecule has 2 aromatic carbocycles. The molecule has 0 amide bonds. The number of phenolic OH excluding ortho intramolecular Hbond substituents is 1. The average Bonchev–Trinajstić information content (AvgIpc) is 3.23. The summed E-state index contributed by atoms with van der Waals surface area (Å²) in [5.41, 5.74) is 2.84. The maximum absolute atomic E-state index is 13.3. The van der Waals surface area contributed by atoms with Gasteiger partial charge in [-0.15, -0.1) is 0 Å². The molecule has 1 heterocycles. The Bertz CT molecular complexity index is 1040. The van der Waals surface area contributed by atoms with Gasteiger partial charge in [0.1, 0.15) is 5.75 Å². The van der Waals surface area contributed by atoms with E-state index in [1.54, 1.807) is 16.4 Å². The first-order valence-electron chi connectivity index (χ1n) is 10.8. The van der Waals surface area contributed by atoms with E-state index < -0.39 is 10.0 Å². The third-order valence-electron chi connectivity index (χ3n) is 6.19. The number of hydrogen-bond donors (Lipinski definition) is 2. The number of allylic oxidation sites excluding steroid dienone is 2. The Balaban J connectivity index is 1.73. The smallest absolute Gasteiger partial charge is 0.243 e. The molecule has 4 rings (SSSR count). The lowest BCUT2D eigenvalue weighted by molar-refractivity contribution is 0.401. The maximum atomic E-state index is 13.3. The summed E-state index contributed by atoms with van der Waals surface area (Å²) in [5, 5.41) is 14.0. The van der Waals surface area contributed by atoms with Gasteiger partial charge in [-0.3, -0.25) is 0 Å². The van der Waals surface area contributed by atoms with E-state index in [0.29, 0.717) is 18.0 Å². The zero-order chi connectivity index (χ0) is 21.3. The van der Waals surface area contributed by atoms with Crippen molar-refractivity contribution in [2.24, 2.45) is 5.92 Å². The summed E-state index contributed by atoms with van der Waals surface area (Å²) in [6.07, 6.45) is 6.83. The molecule has 0 bridgehead atoms. The maximum Gasteiger partial charge on any atom is 0.243 e. The lowest BCUT2D eigenvalue weighted by Gasteiger charge is -2.38. The van der Waals surface area contributed by atoms with E-state index in [9.17, 15) is 13.5 Å². The van der Waals surface area contributed by atoms with Gasteiger partial charge < -0.3 is 10.4 Å². The number of fused-ring (bicyclic) bond motifs is 3. The molecule has 1 aliphatic heterocycles. The molecule has 0 spiro atoms. The van der Waals surface area contributed by atoms with Crippen molar-refractivity contribution in [3.05, 3.63) is 65.7 Å². The molecular weight excluding hydrogens is 396 g/mol. The van der Waals surface area contributed by atoms with Crippen molar-refractivity contribution in [1.82, 2.24) is 4.31 Å². The number of rotatable bonds is 7. The molecule has 5 nitrogen and oxygen atoms in total. The molecule has 30 heavy (non-hydrogen) atoms. The van der Waals surface area contributed by atoms with Crippen LogP contribution in [0.3, 0.4) is 0 Å². The molecule has 2 aromatic rings. The van der Waals surface area contributed by atoms with Gasteiger partial charge in [-0.25, -0.2) is 8.42 Å². The minimum Gasteiger partial charge on any atom is -0.508 e. The first-order valence-corrected chi connectivity index (χ1v) is 12.3. The Labute approximate surface area is 179 Å². The van der Waals surface area contributed by atoms with Gasteiger partial charge in [0.25, 0.3) is 0 Å². The lowest BCUT2D eigenvalue weighted by atomic mass is 9.77. The van der Waals surface area contributed by atoms with Crippen molar-refractivity contribution < 1.29 is 13.5 Å². The number of para-hydroxylation sites is 1. The summed E-state index contributed by atoms with van der Waals surface area (Å²) in [4.78, 5) is 0.366. The molecule has 2 aliphatic rings. The predicted octanol–water partition coefficient (Wildman–Crippen LogP) is 5.03. The summed E-state index contributed by atoms with van der Waals surface area (Å²) in [6.45, 7) is 5.07. The van der Waals surface area contributed by atoms with Crippen molar-refractivity contribution in [1.29, 1.82) is 0 Å². The summed E-state index contributed by atoms with van der Waals surface area (Å²) < 4.78 is 28.1. The van der Waals surface area contributed by atoms with Gasteiger partial charge in [0.05, 0.1) is 10.9 Å². The van der Waals surface area contributed by atoms with Crippen LogP contribution in [0.1, 0.15) is 56.2 Å². The van der Waals surface area contributed by atoms with E-state index >= 15 is 0 Å². The zero-order valence-corrected chi connectivity index (χ0v) is 18.4. The SMILES string of the molecule is CCCN(CCC)S(=O)(=O)c1ccc2c(c1)C1C=CCC1C(c1ccccc1O)N2. The Morgan fingerprint density at radius 2 is 1.80 bits per heavy atom. The molecule has 0 aromatic heterocycles. The van der Waals surface area contributed by atoms with Crippen LogP contribution in [0, 0.1) is 5.92 Å². The van der Waals surface area contributed by atoms with Crippen molar-refractivity contribution >= 4 is 15.7 Å². The van der Waals surface area contributed by atoms with Gasteiger partial charge in [-0.2, -0.15) is 4.31 Å². The summed E-state index contributed by atoms with van der Waals surface area (Å²) in [7, 11) is -3.52. The quantitative estimate of drug-likeness (QED) is 0.609. The molecule has 0 radical (unpaired) electrons. The van der Waals surface area contributed by atoms with Crippen LogP contribution in [0.5, 0.6) is 5.75 Å². The monoisotopic (exact) mass is 426 g/mol. The van der Waals surface area contributed by atoms with E-state index in [1.807, 2.05) is 44.2 Å². The topological polar surface area (TPSA) is 69.6 Å². The molecule has 0 saturated heterocycles. The van der Waals surface area contributed by atoms with E-state index in [1.165, 1.54) is 0 Å². The van der Waals surface area contributed by atoms with Crippen LogP contribution in [0.15, 0.2) is 59.5 Å². The Kier molecular flexibility index (Phi) is 5.89. The number of anilines is 1. The second-order valence-corrected chi connectivity index (χ2v) is 10.1. The molecule has 1 aliphatic carbocycles. The van der Waals surface area contributed by atoms with Gasteiger partial charge in [-0.05, 0) is 55.0 Å². The average molecular weight is 427 g/mol. The third kappa shape index (κ3) is 3.63. The highest BCUT2D eigenvalue weighted by Gasteiger charge is 2.39. The minimum atomic E-state index is -3.52. The molecular formula is C24H30N2O3S. The highest BCUT2D eigenvalue weighted by Crippen LogP contribution is 2.51. The van der Waals surface area contributed by atoms with Crippen LogP contribution in [0.25, 0.3) is 0 Å². The normalized spacial score (nSPS) is 22.6. The second-order valence-electron chi connectivity index (χ2n) is 8.19. The highest BCUT2D eigenvalue weighted by molar-refractivity contribution is 7.89. The van der Waals surface area contributed by atoms with Gasteiger partial charge >= 0.3 is 0 Å². The number of nitrogens with one attached hydrogen (secondary N) is 1. The van der Waals surface area contributed by atoms with Gasteiger partial charge in [0.15, 0.2) is 0 Å². The summed E-state index contributed by atoms with van der Waals surface area (Å²) in [6, 6.07) is 12.9. The van der Waals surface area contributed by atoms with Crippen LogP contribution in [-0.4, -0.2) is 30.9 Å². The number of benzene rings is 2. The Hall–Kier alpha value is -2.31. The molecule has 6 heteroatoms. The van der Waals surface area contributed by atoms with Crippen LogP contribution in [0.4, 0.5) is 5.69 Å². The number of hydrogen-bond acceptors (Lipinski definition) is 4. The van der Waals surface area contributed by atoms with Crippen molar-refractivity contribution in [2.75, 3.05) is 18.4 Å². The van der Waals surface area contributed by atoms with Crippen LogP contribution < -0.4 is 5.32 Å². The fourth-order valence-electron chi connectivity index (χ4n) is 4.79. The van der Waals surface area contributed by atoms with Gasteiger partial charge in [0.2, 0.25) is 10.0 Å². The Morgan fingerprint density at radius 1 is 1.07 bits per heavy atom. The standard InChI is InChI=1S/C24H30N2O3S/c1-3-14-26(15-4-2)30(28,29)17-12-13-22-21(16-17)18-9-7-10-19(18)24(25-22)20-8-5-6-11-23(20)27/h5-9,11-13,16,18-19,24-25,27H,3-4,10,14-15H2,1-2H3. The fourth-order valence-corrected chi connectivity index (χ4v) is 6.45. The number of aromatic hydroxyl groups is 1. The zero-order valence-electron chi connectivity index (χ0n) is 17.6. The van der Waals surface area contributed by atoms with Crippen LogP contribution in [0.2, 0.25) is 0 Å². The molecule has 3 unspecified atom stereocenters. The van der Waals surface area contributed by atoms with Crippen molar-refractivity contribution in [3.63, 3.8) is 0 Å². The molecule has 0 fully saturated rings. The van der Waals surface area contributed by atoms with E-state index in [-0.39, 0.29) is 23.6 Å². The van der Waals surface area contributed by atoms with E-state index in [0.717, 1.165) is 36.1 Å².